The minimum absolute atomic E-state index is 0.0947. The highest BCUT2D eigenvalue weighted by atomic mass is 16.5. The number of aryl methyl sites for hydroxylation is 2. The average molecular weight is 394 g/mol. The Morgan fingerprint density at radius 3 is 2.76 bits per heavy atom. The van der Waals surface area contributed by atoms with Gasteiger partial charge in [0.2, 0.25) is 17.6 Å². The van der Waals surface area contributed by atoms with Crippen molar-refractivity contribution in [2.45, 2.75) is 64.0 Å². The van der Waals surface area contributed by atoms with Crippen LogP contribution in [-0.2, 0) is 11.2 Å². The van der Waals surface area contributed by atoms with Crippen LogP contribution in [0.5, 0.6) is 0 Å². The van der Waals surface area contributed by atoms with Gasteiger partial charge >= 0.3 is 0 Å². The van der Waals surface area contributed by atoms with Crippen molar-refractivity contribution in [3.63, 3.8) is 0 Å². The molecule has 0 unspecified atom stereocenters. The van der Waals surface area contributed by atoms with E-state index in [1.807, 2.05) is 18.3 Å². The number of hydrogen-bond acceptors (Lipinski definition) is 6. The summed E-state index contributed by atoms with van der Waals surface area (Å²) in [4.78, 5) is 20.6. The first-order valence-electron chi connectivity index (χ1n) is 10.2. The van der Waals surface area contributed by atoms with Crippen LogP contribution >= 0.6 is 0 Å². The predicted molar refractivity (Wildman–Crippen MR) is 107 cm³/mol. The Morgan fingerprint density at radius 2 is 2.03 bits per heavy atom. The summed E-state index contributed by atoms with van der Waals surface area (Å²) in [5, 5.41) is 11.6. The Bertz CT molecular complexity index is 928. The zero-order chi connectivity index (χ0) is 20.1. The molecule has 3 heterocycles. The third-order valence-electron chi connectivity index (χ3n) is 5.37. The molecule has 3 aromatic heterocycles. The molecule has 0 atom stereocenters. The molecule has 3 aromatic rings. The standard InChI is InChI=1S/C21H26N6O2/c1-15-13-23-27(14-15)18-7-5-17(6-8-18)24-19(28)3-2-4-20-25-21(26-29-20)16-9-11-22-12-10-16/h9-14,17-18H,2-8H2,1H3,(H,24,28). The van der Waals surface area contributed by atoms with Crippen molar-refractivity contribution in [2.24, 2.45) is 0 Å². The van der Waals surface area contributed by atoms with Crippen LogP contribution in [0, 0.1) is 6.92 Å². The van der Waals surface area contributed by atoms with Gasteiger partial charge in [-0.2, -0.15) is 10.1 Å². The van der Waals surface area contributed by atoms with Gasteiger partial charge in [0, 0.05) is 43.0 Å². The second kappa shape index (κ2) is 8.98. The lowest BCUT2D eigenvalue weighted by atomic mass is 9.91. The lowest BCUT2D eigenvalue weighted by Gasteiger charge is -2.29. The zero-order valence-electron chi connectivity index (χ0n) is 16.6. The minimum atomic E-state index is 0.0947. The van der Waals surface area contributed by atoms with Gasteiger partial charge in [-0.1, -0.05) is 5.16 Å². The van der Waals surface area contributed by atoms with E-state index in [0.29, 0.717) is 37.0 Å². The number of carbonyl (C=O) groups excluding carboxylic acids is 1. The smallest absolute Gasteiger partial charge is 0.226 e. The molecule has 1 aliphatic carbocycles. The Hall–Kier alpha value is -3.03. The van der Waals surface area contributed by atoms with Crippen molar-refractivity contribution >= 4 is 5.91 Å². The SMILES string of the molecule is Cc1cnn(C2CCC(NC(=O)CCCc3nc(-c4ccncc4)no3)CC2)c1. The Labute approximate surface area is 169 Å². The second-order valence-corrected chi connectivity index (χ2v) is 7.67. The molecule has 0 bridgehead atoms. The predicted octanol–water partition coefficient (Wildman–Crippen LogP) is 3.26. The Balaban J connectivity index is 1.17. The van der Waals surface area contributed by atoms with E-state index >= 15 is 0 Å². The quantitative estimate of drug-likeness (QED) is 0.660. The van der Waals surface area contributed by atoms with Gasteiger partial charge in [-0.3, -0.25) is 14.5 Å². The molecule has 1 saturated carbocycles. The molecule has 4 rings (SSSR count). The molecule has 8 heteroatoms. The van der Waals surface area contributed by atoms with E-state index in [-0.39, 0.29) is 11.9 Å². The van der Waals surface area contributed by atoms with Gasteiger partial charge in [-0.25, -0.2) is 0 Å². The monoisotopic (exact) mass is 394 g/mol. The largest absolute Gasteiger partial charge is 0.353 e. The minimum Gasteiger partial charge on any atom is -0.353 e. The topological polar surface area (TPSA) is 98.7 Å². The molecule has 0 aliphatic heterocycles. The fraction of sp³-hybridized carbons (Fsp3) is 0.476. The second-order valence-electron chi connectivity index (χ2n) is 7.67. The van der Waals surface area contributed by atoms with E-state index in [2.05, 4.69) is 43.3 Å². The molecule has 1 amide bonds. The maximum atomic E-state index is 12.3. The molecule has 29 heavy (non-hydrogen) atoms. The van der Waals surface area contributed by atoms with Gasteiger partial charge in [0.25, 0.3) is 0 Å². The summed E-state index contributed by atoms with van der Waals surface area (Å²) in [6.07, 6.45) is 13.2. The third-order valence-corrected chi connectivity index (χ3v) is 5.37. The lowest BCUT2D eigenvalue weighted by molar-refractivity contribution is -0.122. The summed E-state index contributed by atoms with van der Waals surface area (Å²) >= 11 is 0. The van der Waals surface area contributed by atoms with Crippen LogP contribution < -0.4 is 5.32 Å². The van der Waals surface area contributed by atoms with Gasteiger partial charge < -0.3 is 9.84 Å². The number of nitrogens with one attached hydrogen (secondary N) is 1. The van der Waals surface area contributed by atoms with Gasteiger partial charge in [0.15, 0.2) is 0 Å². The van der Waals surface area contributed by atoms with E-state index in [9.17, 15) is 4.79 Å². The fourth-order valence-corrected chi connectivity index (χ4v) is 3.79. The van der Waals surface area contributed by atoms with Crippen LogP contribution in [0.25, 0.3) is 11.4 Å². The number of aromatic nitrogens is 5. The first-order chi connectivity index (χ1) is 14.2. The Kier molecular flexibility index (Phi) is 5.97. The highest BCUT2D eigenvalue weighted by molar-refractivity contribution is 5.76. The maximum absolute atomic E-state index is 12.3. The molecule has 0 aromatic carbocycles. The van der Waals surface area contributed by atoms with Crippen molar-refractivity contribution in [3.05, 3.63) is 48.4 Å². The summed E-state index contributed by atoms with van der Waals surface area (Å²) in [5.41, 5.74) is 2.06. The third kappa shape index (κ3) is 5.07. The molecular weight excluding hydrogens is 368 g/mol. The summed E-state index contributed by atoms with van der Waals surface area (Å²) in [6, 6.07) is 4.38. The molecule has 0 saturated heterocycles. The van der Waals surface area contributed by atoms with Gasteiger partial charge in [0.05, 0.1) is 12.2 Å². The molecule has 1 aliphatic rings. The van der Waals surface area contributed by atoms with Crippen LogP contribution in [0.3, 0.4) is 0 Å². The van der Waals surface area contributed by atoms with Crippen molar-refractivity contribution in [2.75, 3.05) is 0 Å². The van der Waals surface area contributed by atoms with Crippen LogP contribution in [-0.4, -0.2) is 36.9 Å². The number of carbonyl (C=O) groups is 1. The molecule has 0 spiro atoms. The molecule has 1 fully saturated rings. The van der Waals surface area contributed by atoms with E-state index in [0.717, 1.165) is 31.2 Å². The molecule has 0 radical (unpaired) electrons. The van der Waals surface area contributed by atoms with Gasteiger partial charge in [-0.15, -0.1) is 0 Å². The highest BCUT2D eigenvalue weighted by Gasteiger charge is 2.23. The summed E-state index contributed by atoms with van der Waals surface area (Å²) in [5.74, 6) is 1.20. The average Bonchev–Trinajstić information content (AvgIpc) is 3.39. The zero-order valence-corrected chi connectivity index (χ0v) is 16.6. The summed E-state index contributed by atoms with van der Waals surface area (Å²) < 4.78 is 7.35. The fourth-order valence-electron chi connectivity index (χ4n) is 3.79. The van der Waals surface area contributed by atoms with Crippen molar-refractivity contribution in [1.82, 2.24) is 30.2 Å². The summed E-state index contributed by atoms with van der Waals surface area (Å²) in [6.45, 7) is 2.06. The summed E-state index contributed by atoms with van der Waals surface area (Å²) in [7, 11) is 0. The van der Waals surface area contributed by atoms with Crippen LogP contribution in [0.15, 0.2) is 41.4 Å². The normalized spacial score (nSPS) is 19.2. The Morgan fingerprint density at radius 1 is 1.24 bits per heavy atom. The van der Waals surface area contributed by atoms with E-state index < -0.39 is 0 Å². The number of pyridine rings is 1. The lowest BCUT2D eigenvalue weighted by Crippen LogP contribution is -2.38. The van der Waals surface area contributed by atoms with Crippen LogP contribution in [0.1, 0.15) is 56.0 Å². The molecule has 1 N–H and O–H groups in total. The van der Waals surface area contributed by atoms with Gasteiger partial charge in [0.1, 0.15) is 0 Å². The molecular formula is C21H26N6O2. The van der Waals surface area contributed by atoms with Crippen LogP contribution in [0.4, 0.5) is 0 Å². The van der Waals surface area contributed by atoms with Crippen molar-refractivity contribution in [1.29, 1.82) is 0 Å². The number of hydrogen-bond donors (Lipinski definition) is 1. The number of nitrogens with zero attached hydrogens (tertiary/aromatic N) is 5. The van der Waals surface area contributed by atoms with E-state index in [1.165, 1.54) is 5.56 Å². The van der Waals surface area contributed by atoms with Crippen molar-refractivity contribution < 1.29 is 9.32 Å². The first kappa shape index (κ1) is 19.3. The molecule has 152 valence electrons. The highest BCUT2D eigenvalue weighted by Crippen LogP contribution is 2.28. The van der Waals surface area contributed by atoms with E-state index in [1.54, 1.807) is 12.4 Å². The first-order valence-corrected chi connectivity index (χ1v) is 10.2. The number of rotatable bonds is 7. The number of amides is 1. The van der Waals surface area contributed by atoms with Gasteiger partial charge in [-0.05, 0) is 56.7 Å². The maximum Gasteiger partial charge on any atom is 0.226 e. The van der Waals surface area contributed by atoms with Crippen LogP contribution in [0.2, 0.25) is 0 Å². The molecule has 8 nitrogen and oxygen atoms in total. The van der Waals surface area contributed by atoms with Crippen molar-refractivity contribution in [3.8, 4) is 11.4 Å². The van der Waals surface area contributed by atoms with E-state index in [4.69, 9.17) is 4.52 Å².